The summed E-state index contributed by atoms with van der Waals surface area (Å²) in [7, 11) is 0. The molecule has 128 valence electrons. The van der Waals surface area contributed by atoms with Gasteiger partial charge < -0.3 is 20.5 Å². The van der Waals surface area contributed by atoms with E-state index in [4.69, 9.17) is 4.74 Å². The largest absolute Gasteiger partial charge is 0.489 e. The van der Waals surface area contributed by atoms with Crippen LogP contribution in [-0.4, -0.2) is 23.8 Å². The van der Waals surface area contributed by atoms with Crippen molar-refractivity contribution in [1.82, 2.24) is 5.32 Å². The molecule has 1 unspecified atom stereocenters. The second-order valence-electron chi connectivity index (χ2n) is 5.87. The number of carbonyl (C=O) groups excluding carboxylic acids is 1. The Bertz CT molecular complexity index is 686. The molecule has 5 heteroatoms. The highest BCUT2D eigenvalue weighted by Crippen LogP contribution is 2.24. The number of nitrogens with one attached hydrogen (secondary N) is 2. The quantitative estimate of drug-likeness (QED) is 0.758. The Morgan fingerprint density at radius 2 is 1.79 bits per heavy atom. The highest BCUT2D eigenvalue weighted by atomic mass is 16.5. The van der Waals surface area contributed by atoms with Crippen molar-refractivity contribution in [1.29, 1.82) is 0 Å². The van der Waals surface area contributed by atoms with Crippen molar-refractivity contribution in [2.75, 3.05) is 11.9 Å². The third-order valence-corrected chi connectivity index (χ3v) is 3.50. The minimum atomic E-state index is -0.751. The maximum absolute atomic E-state index is 12.1. The molecule has 0 aliphatic heterocycles. The zero-order chi connectivity index (χ0) is 17.5. The molecule has 2 aromatic rings. The van der Waals surface area contributed by atoms with Gasteiger partial charge in [-0.3, -0.25) is 0 Å². The molecule has 1 atom stereocenters. The van der Waals surface area contributed by atoms with Crippen molar-refractivity contribution in [2.24, 2.45) is 0 Å². The first-order valence-corrected chi connectivity index (χ1v) is 8.01. The van der Waals surface area contributed by atoms with E-state index < -0.39 is 6.10 Å². The molecule has 2 rings (SSSR count). The van der Waals surface area contributed by atoms with Crippen LogP contribution in [0.5, 0.6) is 5.75 Å². The number of aryl methyl sites for hydroxylation is 1. The second kappa shape index (κ2) is 8.36. The summed E-state index contributed by atoms with van der Waals surface area (Å²) in [5.74, 6) is 0.613. The number of amides is 2. The highest BCUT2D eigenvalue weighted by molar-refractivity contribution is 5.90. The van der Waals surface area contributed by atoms with Crippen LogP contribution in [0.2, 0.25) is 0 Å². The predicted octanol–water partition coefficient (Wildman–Crippen LogP) is 3.64. The van der Waals surface area contributed by atoms with E-state index in [2.05, 4.69) is 10.6 Å². The number of ether oxygens (including phenoxy) is 1. The van der Waals surface area contributed by atoms with Crippen LogP contribution in [0.4, 0.5) is 10.5 Å². The minimum absolute atomic E-state index is 0.0129. The molecule has 0 saturated heterocycles. The van der Waals surface area contributed by atoms with Gasteiger partial charge in [0.05, 0.1) is 17.9 Å². The van der Waals surface area contributed by atoms with Crippen LogP contribution in [0.15, 0.2) is 48.5 Å². The van der Waals surface area contributed by atoms with Crippen molar-refractivity contribution >= 4 is 11.7 Å². The topological polar surface area (TPSA) is 70.6 Å². The highest BCUT2D eigenvalue weighted by Gasteiger charge is 2.13. The number of anilines is 1. The number of urea groups is 1. The molecule has 0 aliphatic rings. The molecule has 0 aromatic heterocycles. The Morgan fingerprint density at radius 1 is 1.12 bits per heavy atom. The van der Waals surface area contributed by atoms with Crippen molar-refractivity contribution in [3.8, 4) is 5.75 Å². The van der Waals surface area contributed by atoms with Crippen molar-refractivity contribution in [3.63, 3.8) is 0 Å². The molecule has 0 fully saturated rings. The van der Waals surface area contributed by atoms with Gasteiger partial charge in [-0.2, -0.15) is 0 Å². The molecule has 2 amide bonds. The van der Waals surface area contributed by atoms with Gasteiger partial charge in [-0.05, 0) is 44.0 Å². The van der Waals surface area contributed by atoms with Crippen LogP contribution in [0.1, 0.15) is 31.1 Å². The van der Waals surface area contributed by atoms with E-state index in [0.717, 1.165) is 11.1 Å². The number of hydrogen-bond acceptors (Lipinski definition) is 3. The predicted molar refractivity (Wildman–Crippen MR) is 95.4 cm³/mol. The van der Waals surface area contributed by atoms with E-state index in [1.54, 1.807) is 12.1 Å². The number of rotatable bonds is 6. The molecule has 0 bridgehead atoms. The normalized spacial score (nSPS) is 11.9. The monoisotopic (exact) mass is 328 g/mol. The maximum atomic E-state index is 12.1. The molecule has 0 aliphatic carbocycles. The van der Waals surface area contributed by atoms with Gasteiger partial charge in [-0.1, -0.05) is 36.4 Å². The summed E-state index contributed by atoms with van der Waals surface area (Å²) < 4.78 is 5.66. The lowest BCUT2D eigenvalue weighted by Gasteiger charge is -2.17. The van der Waals surface area contributed by atoms with Gasteiger partial charge in [0, 0.05) is 6.54 Å². The average Bonchev–Trinajstić information content (AvgIpc) is 2.54. The maximum Gasteiger partial charge on any atom is 0.319 e. The number of aliphatic hydroxyl groups is 1. The first-order valence-electron chi connectivity index (χ1n) is 8.01. The Balaban J connectivity index is 1.93. The summed E-state index contributed by atoms with van der Waals surface area (Å²) in [5.41, 5.74) is 2.39. The van der Waals surface area contributed by atoms with Crippen LogP contribution in [-0.2, 0) is 0 Å². The molecule has 0 heterocycles. The molecule has 2 aromatic carbocycles. The molecule has 0 saturated carbocycles. The summed E-state index contributed by atoms with van der Waals surface area (Å²) in [6.45, 7) is 5.91. The number of para-hydroxylation sites is 2. The van der Waals surface area contributed by atoms with Gasteiger partial charge in [0.15, 0.2) is 0 Å². The Morgan fingerprint density at radius 3 is 2.50 bits per heavy atom. The molecular weight excluding hydrogens is 304 g/mol. The van der Waals surface area contributed by atoms with E-state index in [1.807, 2.05) is 57.2 Å². The third-order valence-electron chi connectivity index (χ3n) is 3.50. The van der Waals surface area contributed by atoms with E-state index in [-0.39, 0.29) is 18.7 Å². The number of benzene rings is 2. The summed E-state index contributed by atoms with van der Waals surface area (Å²) in [6.07, 6.45) is -0.738. The minimum Gasteiger partial charge on any atom is -0.489 e. The standard InChI is InChI=1S/C19H24N2O3/c1-13(2)24-18-11-7-6-10-16(18)21-19(23)20-12-17(22)15-9-5-4-8-14(15)3/h4-11,13,17,22H,12H2,1-3H3,(H2,20,21,23). The van der Waals surface area contributed by atoms with Gasteiger partial charge in [0.2, 0.25) is 0 Å². The Kier molecular flexibility index (Phi) is 6.21. The smallest absolute Gasteiger partial charge is 0.319 e. The summed E-state index contributed by atoms with van der Waals surface area (Å²) in [6, 6.07) is 14.4. The van der Waals surface area contributed by atoms with Crippen LogP contribution in [0.3, 0.4) is 0 Å². The number of aliphatic hydroxyl groups excluding tert-OH is 1. The Labute approximate surface area is 142 Å². The lowest BCUT2D eigenvalue weighted by Crippen LogP contribution is -2.32. The molecule has 0 radical (unpaired) electrons. The van der Waals surface area contributed by atoms with Crippen LogP contribution in [0.25, 0.3) is 0 Å². The number of carbonyl (C=O) groups is 1. The molecule has 24 heavy (non-hydrogen) atoms. The SMILES string of the molecule is Cc1ccccc1C(O)CNC(=O)Nc1ccccc1OC(C)C. The van der Waals surface area contributed by atoms with E-state index >= 15 is 0 Å². The first-order chi connectivity index (χ1) is 11.5. The lowest BCUT2D eigenvalue weighted by atomic mass is 10.0. The fourth-order valence-corrected chi connectivity index (χ4v) is 2.35. The summed E-state index contributed by atoms with van der Waals surface area (Å²) >= 11 is 0. The lowest BCUT2D eigenvalue weighted by molar-refractivity contribution is 0.174. The fraction of sp³-hybridized carbons (Fsp3) is 0.316. The van der Waals surface area contributed by atoms with Crippen molar-refractivity contribution < 1.29 is 14.6 Å². The summed E-state index contributed by atoms with van der Waals surface area (Å²) in [4.78, 5) is 12.1. The van der Waals surface area contributed by atoms with Gasteiger partial charge in [0.1, 0.15) is 5.75 Å². The molecule has 3 N–H and O–H groups in total. The van der Waals surface area contributed by atoms with Gasteiger partial charge >= 0.3 is 6.03 Å². The van der Waals surface area contributed by atoms with Crippen molar-refractivity contribution in [3.05, 3.63) is 59.7 Å². The average molecular weight is 328 g/mol. The zero-order valence-electron chi connectivity index (χ0n) is 14.2. The number of hydrogen-bond donors (Lipinski definition) is 3. The van der Waals surface area contributed by atoms with Gasteiger partial charge in [-0.15, -0.1) is 0 Å². The molecule has 0 spiro atoms. The second-order valence-corrected chi connectivity index (χ2v) is 5.87. The van der Waals surface area contributed by atoms with Crippen LogP contribution >= 0.6 is 0 Å². The Hall–Kier alpha value is -2.53. The van der Waals surface area contributed by atoms with Gasteiger partial charge in [0.25, 0.3) is 0 Å². The zero-order valence-corrected chi connectivity index (χ0v) is 14.2. The molecular formula is C19H24N2O3. The summed E-state index contributed by atoms with van der Waals surface area (Å²) in [5, 5.41) is 15.7. The van der Waals surface area contributed by atoms with E-state index in [0.29, 0.717) is 11.4 Å². The fourth-order valence-electron chi connectivity index (χ4n) is 2.35. The van der Waals surface area contributed by atoms with Gasteiger partial charge in [-0.25, -0.2) is 4.79 Å². The van der Waals surface area contributed by atoms with Crippen LogP contribution in [0, 0.1) is 6.92 Å². The van der Waals surface area contributed by atoms with E-state index in [9.17, 15) is 9.90 Å². The van der Waals surface area contributed by atoms with Crippen molar-refractivity contribution in [2.45, 2.75) is 33.0 Å². The third kappa shape index (κ3) is 4.99. The van der Waals surface area contributed by atoms with E-state index in [1.165, 1.54) is 0 Å². The van der Waals surface area contributed by atoms with Crippen LogP contribution < -0.4 is 15.4 Å². The molecule has 5 nitrogen and oxygen atoms in total. The first kappa shape index (κ1) is 17.8.